The van der Waals surface area contributed by atoms with Gasteiger partial charge in [0, 0.05) is 16.6 Å². The molecule has 0 saturated heterocycles. The molecule has 0 aliphatic rings. The van der Waals surface area contributed by atoms with Gasteiger partial charge in [0.1, 0.15) is 18.0 Å². The second-order valence-corrected chi connectivity index (χ2v) is 7.53. The van der Waals surface area contributed by atoms with E-state index in [0.29, 0.717) is 22.1 Å². The molecule has 0 aliphatic heterocycles. The Bertz CT molecular complexity index is 1030. The molecule has 1 aromatic heterocycles. The fourth-order valence-electron chi connectivity index (χ4n) is 2.45. The fourth-order valence-corrected chi connectivity index (χ4v) is 3.24. The first kappa shape index (κ1) is 21.1. The third kappa shape index (κ3) is 6.46. The van der Waals surface area contributed by atoms with Crippen LogP contribution in [0.2, 0.25) is 0 Å². The zero-order valence-corrected chi connectivity index (χ0v) is 17.0. The lowest BCUT2D eigenvalue weighted by atomic mass is 10.3. The summed E-state index contributed by atoms with van der Waals surface area (Å²) in [5, 5.41) is 5.10. The Balaban J connectivity index is 1.42. The molecule has 154 valence electrons. The summed E-state index contributed by atoms with van der Waals surface area (Å²) in [6, 6.07) is 19.6. The van der Waals surface area contributed by atoms with E-state index in [-0.39, 0.29) is 12.5 Å². The van der Waals surface area contributed by atoms with Crippen LogP contribution < -0.4 is 15.4 Å². The zero-order chi connectivity index (χ0) is 21.3. The van der Waals surface area contributed by atoms with Crippen LogP contribution in [0.15, 0.2) is 66.7 Å². The first-order valence-corrected chi connectivity index (χ1v) is 9.94. The molecular formula is C22H20N2O5S. The molecule has 3 aromatic rings. The molecule has 0 unspecified atom stereocenters. The van der Waals surface area contributed by atoms with E-state index in [2.05, 4.69) is 10.6 Å². The number of carbonyl (C=O) groups is 3. The third-order valence-corrected chi connectivity index (χ3v) is 4.82. The van der Waals surface area contributed by atoms with Crippen LogP contribution >= 0.6 is 11.3 Å². The molecule has 0 bridgehead atoms. The van der Waals surface area contributed by atoms with Crippen molar-refractivity contribution in [3.63, 3.8) is 0 Å². The average molecular weight is 424 g/mol. The minimum Gasteiger partial charge on any atom is -0.457 e. The normalized spacial score (nSPS) is 10.2. The van der Waals surface area contributed by atoms with Crippen molar-refractivity contribution < 1.29 is 23.9 Å². The van der Waals surface area contributed by atoms with Gasteiger partial charge in [-0.3, -0.25) is 14.4 Å². The van der Waals surface area contributed by atoms with Crippen LogP contribution in [-0.2, 0) is 14.3 Å². The molecule has 0 spiro atoms. The van der Waals surface area contributed by atoms with Crippen LogP contribution in [0.3, 0.4) is 0 Å². The van der Waals surface area contributed by atoms with E-state index >= 15 is 0 Å². The SMILES string of the molecule is Cc1ccc(C(=O)NCC(=O)OCC(=O)Nc2cccc(Oc3ccccc3)c2)s1. The quantitative estimate of drug-likeness (QED) is 0.537. The Morgan fingerprint density at radius 1 is 0.933 bits per heavy atom. The summed E-state index contributed by atoms with van der Waals surface area (Å²) in [4.78, 5) is 37.2. The number of hydrogen-bond acceptors (Lipinski definition) is 6. The molecule has 0 saturated carbocycles. The predicted octanol–water partition coefficient (Wildman–Crippen LogP) is 3.76. The van der Waals surface area contributed by atoms with Gasteiger partial charge in [-0.15, -0.1) is 11.3 Å². The van der Waals surface area contributed by atoms with Crippen molar-refractivity contribution in [2.24, 2.45) is 0 Å². The summed E-state index contributed by atoms with van der Waals surface area (Å²) < 4.78 is 10.6. The maximum Gasteiger partial charge on any atom is 0.325 e. The van der Waals surface area contributed by atoms with E-state index in [0.717, 1.165) is 4.88 Å². The zero-order valence-electron chi connectivity index (χ0n) is 16.2. The highest BCUT2D eigenvalue weighted by Crippen LogP contribution is 2.23. The number of amides is 2. The van der Waals surface area contributed by atoms with Crippen molar-refractivity contribution in [3.05, 3.63) is 76.5 Å². The summed E-state index contributed by atoms with van der Waals surface area (Å²) in [6.07, 6.45) is 0. The number of para-hydroxylation sites is 1. The first-order valence-electron chi connectivity index (χ1n) is 9.13. The van der Waals surface area contributed by atoms with Gasteiger partial charge in [0.15, 0.2) is 6.61 Å². The van der Waals surface area contributed by atoms with E-state index < -0.39 is 18.5 Å². The van der Waals surface area contributed by atoms with Gasteiger partial charge in [-0.1, -0.05) is 24.3 Å². The lowest BCUT2D eigenvalue weighted by molar-refractivity contribution is -0.146. The monoisotopic (exact) mass is 424 g/mol. The summed E-state index contributed by atoms with van der Waals surface area (Å²) in [5.41, 5.74) is 0.505. The molecule has 7 nitrogen and oxygen atoms in total. The van der Waals surface area contributed by atoms with Gasteiger partial charge in [-0.05, 0) is 43.3 Å². The number of nitrogens with one attached hydrogen (secondary N) is 2. The second kappa shape index (κ2) is 10.2. The van der Waals surface area contributed by atoms with Crippen molar-refractivity contribution >= 4 is 34.8 Å². The minimum atomic E-state index is -0.701. The molecular weight excluding hydrogens is 404 g/mol. The van der Waals surface area contributed by atoms with Crippen LogP contribution in [0.5, 0.6) is 11.5 Å². The van der Waals surface area contributed by atoms with Gasteiger partial charge in [0.25, 0.3) is 11.8 Å². The Morgan fingerprint density at radius 2 is 1.70 bits per heavy atom. The number of benzene rings is 2. The van der Waals surface area contributed by atoms with Crippen molar-refractivity contribution in [3.8, 4) is 11.5 Å². The standard InChI is InChI=1S/C22H20N2O5S/c1-15-10-11-19(30-15)22(27)23-13-21(26)28-14-20(25)24-16-6-5-9-18(12-16)29-17-7-3-2-4-8-17/h2-12H,13-14H2,1H3,(H,23,27)(H,24,25). The van der Waals surface area contributed by atoms with Crippen molar-refractivity contribution in [2.45, 2.75) is 6.92 Å². The number of anilines is 1. The number of rotatable bonds is 8. The van der Waals surface area contributed by atoms with Crippen LogP contribution in [0.25, 0.3) is 0 Å². The van der Waals surface area contributed by atoms with Crippen LogP contribution in [0.4, 0.5) is 5.69 Å². The van der Waals surface area contributed by atoms with E-state index in [1.54, 1.807) is 30.3 Å². The molecule has 0 atom stereocenters. The van der Waals surface area contributed by atoms with Gasteiger partial charge in [-0.25, -0.2) is 0 Å². The van der Waals surface area contributed by atoms with E-state index in [4.69, 9.17) is 9.47 Å². The summed E-state index contributed by atoms with van der Waals surface area (Å²) in [6.45, 7) is 1.11. The van der Waals surface area contributed by atoms with Gasteiger partial charge in [0.05, 0.1) is 4.88 Å². The molecule has 0 aliphatic carbocycles. The molecule has 30 heavy (non-hydrogen) atoms. The number of hydrogen-bond donors (Lipinski definition) is 2. The number of thiophene rings is 1. The van der Waals surface area contributed by atoms with Crippen molar-refractivity contribution in [1.82, 2.24) is 5.32 Å². The smallest absolute Gasteiger partial charge is 0.325 e. The Hall–Kier alpha value is -3.65. The summed E-state index contributed by atoms with van der Waals surface area (Å²) >= 11 is 1.33. The first-order chi connectivity index (χ1) is 14.5. The maximum absolute atomic E-state index is 12.0. The van der Waals surface area contributed by atoms with E-state index in [1.165, 1.54) is 11.3 Å². The highest BCUT2D eigenvalue weighted by Gasteiger charge is 2.12. The fraction of sp³-hybridized carbons (Fsp3) is 0.136. The second-order valence-electron chi connectivity index (χ2n) is 6.24. The molecule has 0 fully saturated rings. The third-order valence-electron chi connectivity index (χ3n) is 3.82. The molecule has 8 heteroatoms. The Labute approximate surface area is 177 Å². The van der Waals surface area contributed by atoms with E-state index in [1.807, 2.05) is 43.3 Å². The molecule has 2 aromatic carbocycles. The largest absolute Gasteiger partial charge is 0.457 e. The minimum absolute atomic E-state index is 0.316. The number of aryl methyl sites for hydroxylation is 1. The molecule has 0 radical (unpaired) electrons. The van der Waals surface area contributed by atoms with Gasteiger partial charge in [-0.2, -0.15) is 0 Å². The summed E-state index contributed by atoms with van der Waals surface area (Å²) in [7, 11) is 0. The molecule has 2 amide bonds. The van der Waals surface area contributed by atoms with Gasteiger partial charge in [0.2, 0.25) is 0 Å². The van der Waals surface area contributed by atoms with Crippen molar-refractivity contribution in [1.29, 1.82) is 0 Å². The highest BCUT2D eigenvalue weighted by atomic mass is 32.1. The molecule has 3 rings (SSSR count). The predicted molar refractivity (Wildman–Crippen MR) is 114 cm³/mol. The van der Waals surface area contributed by atoms with Crippen LogP contribution in [0, 0.1) is 6.92 Å². The maximum atomic E-state index is 12.0. The van der Waals surface area contributed by atoms with Gasteiger partial charge < -0.3 is 20.1 Å². The Kier molecular flexibility index (Phi) is 7.18. The average Bonchev–Trinajstić information content (AvgIpc) is 3.18. The number of esters is 1. The highest BCUT2D eigenvalue weighted by molar-refractivity contribution is 7.13. The van der Waals surface area contributed by atoms with Crippen LogP contribution in [-0.4, -0.2) is 30.9 Å². The topological polar surface area (TPSA) is 93.7 Å². The van der Waals surface area contributed by atoms with E-state index in [9.17, 15) is 14.4 Å². The molecule has 1 heterocycles. The van der Waals surface area contributed by atoms with Crippen LogP contribution in [0.1, 0.15) is 14.5 Å². The lowest BCUT2D eigenvalue weighted by Crippen LogP contribution is -2.31. The van der Waals surface area contributed by atoms with Gasteiger partial charge >= 0.3 is 5.97 Å². The Morgan fingerprint density at radius 3 is 2.43 bits per heavy atom. The molecule has 2 N–H and O–H groups in total. The summed E-state index contributed by atoms with van der Waals surface area (Å²) in [5.74, 6) is -0.324. The van der Waals surface area contributed by atoms with Crippen molar-refractivity contribution in [2.75, 3.05) is 18.5 Å². The lowest BCUT2D eigenvalue weighted by Gasteiger charge is -2.09. The number of carbonyl (C=O) groups excluding carboxylic acids is 3. The number of ether oxygens (including phenoxy) is 2.